The lowest BCUT2D eigenvalue weighted by molar-refractivity contribution is -0.136. The number of ether oxygens (including phenoxy) is 2. The number of nitrogens with one attached hydrogen (secondary N) is 2. The number of aryl methyl sites for hydroxylation is 1. The number of halogens is 3. The van der Waals surface area contributed by atoms with Gasteiger partial charge in [-0.2, -0.15) is 4.39 Å². The van der Waals surface area contributed by atoms with Gasteiger partial charge in [0.05, 0.1) is 32.9 Å². The van der Waals surface area contributed by atoms with Crippen molar-refractivity contribution in [2.75, 3.05) is 6.26 Å². The predicted octanol–water partition coefficient (Wildman–Crippen LogP) is 7.00. The Morgan fingerprint density at radius 2 is 2.00 bits per heavy atom. The summed E-state index contributed by atoms with van der Waals surface area (Å²) in [5.41, 5.74) is 1.58. The molecule has 2 aromatic heterocycles. The Kier molecular flexibility index (Phi) is 7.48. The lowest BCUT2D eigenvalue weighted by atomic mass is 9.73. The molecule has 0 radical (unpaired) electrons. The zero-order chi connectivity index (χ0) is 31.3. The number of para-hydroxylation sites is 1. The Morgan fingerprint density at radius 1 is 1.20 bits per heavy atom. The van der Waals surface area contributed by atoms with Crippen molar-refractivity contribution >= 4 is 27.7 Å². The van der Waals surface area contributed by atoms with Gasteiger partial charge in [0.2, 0.25) is 5.82 Å². The minimum Gasteiger partial charge on any atom is -0.490 e. The molecule has 3 aromatic carbocycles. The first-order valence-corrected chi connectivity index (χ1v) is 15.4. The van der Waals surface area contributed by atoms with Gasteiger partial charge in [-0.1, -0.05) is 18.2 Å². The summed E-state index contributed by atoms with van der Waals surface area (Å²) in [4.78, 5) is 21.5. The van der Waals surface area contributed by atoms with E-state index in [0.29, 0.717) is 24.3 Å². The van der Waals surface area contributed by atoms with Crippen LogP contribution in [0.5, 0.6) is 17.2 Å². The first-order valence-electron chi connectivity index (χ1n) is 13.8. The van der Waals surface area contributed by atoms with Crippen LogP contribution in [0.3, 0.4) is 0 Å². The molecule has 0 fully saturated rings. The van der Waals surface area contributed by atoms with Crippen LogP contribution in [0.25, 0.3) is 22.3 Å². The van der Waals surface area contributed by atoms with Crippen molar-refractivity contribution < 1.29 is 36.8 Å². The Labute approximate surface area is 252 Å². The van der Waals surface area contributed by atoms with E-state index in [-0.39, 0.29) is 45.5 Å². The van der Waals surface area contributed by atoms with Crippen molar-refractivity contribution in [2.45, 2.75) is 49.5 Å². The standard InChI is InChI=1S/C32H28F3N3O5S/c1-16-14-32(2,21-6-4-5-17(28(21)42-16)7-10-24(39)40)23-15-37-31(38-23)20-13-18(8-9-22(20)33)43-29-26(35)25(34)27-19(11-12-36-27)30(29)44(3)41/h4-6,8-9,11-13,15-16,36H,7,10,14H2,1-3H3,(H,37,38)(H,39,40). The lowest BCUT2D eigenvalue weighted by Crippen LogP contribution is -2.36. The van der Waals surface area contributed by atoms with Gasteiger partial charge in [-0.05, 0) is 56.5 Å². The van der Waals surface area contributed by atoms with Crippen LogP contribution in [-0.2, 0) is 27.4 Å². The number of hydrogen-bond acceptors (Lipinski definition) is 5. The second kappa shape index (κ2) is 11.2. The van der Waals surface area contributed by atoms with E-state index in [1.165, 1.54) is 30.7 Å². The highest BCUT2D eigenvalue weighted by molar-refractivity contribution is 7.84. The van der Waals surface area contributed by atoms with E-state index in [4.69, 9.17) is 9.47 Å². The highest BCUT2D eigenvalue weighted by atomic mass is 32.2. The third-order valence-corrected chi connectivity index (χ3v) is 8.97. The van der Waals surface area contributed by atoms with Gasteiger partial charge in [-0.15, -0.1) is 0 Å². The number of carboxylic acid groups (broad SMARTS) is 1. The molecule has 3 heterocycles. The first kappa shape index (κ1) is 29.5. The number of rotatable bonds is 8. The van der Waals surface area contributed by atoms with E-state index < -0.39 is 45.4 Å². The van der Waals surface area contributed by atoms with Crippen molar-refractivity contribution in [1.29, 1.82) is 0 Å². The molecule has 3 atom stereocenters. The van der Waals surface area contributed by atoms with E-state index in [1.54, 1.807) is 6.20 Å². The van der Waals surface area contributed by atoms with Crippen molar-refractivity contribution in [3.8, 4) is 28.6 Å². The van der Waals surface area contributed by atoms with Gasteiger partial charge in [-0.25, -0.2) is 13.8 Å². The topological polar surface area (TPSA) is 117 Å². The molecule has 8 nitrogen and oxygen atoms in total. The second-order valence-corrected chi connectivity index (χ2v) is 12.4. The minimum atomic E-state index is -1.75. The highest BCUT2D eigenvalue weighted by Crippen LogP contribution is 2.47. The monoisotopic (exact) mass is 623 g/mol. The van der Waals surface area contributed by atoms with Crippen LogP contribution in [-0.4, -0.2) is 42.6 Å². The molecular formula is C32H28F3N3O5S. The molecule has 0 bridgehead atoms. The third kappa shape index (κ3) is 5.02. The largest absolute Gasteiger partial charge is 0.490 e. The number of aromatic amines is 2. The maximum atomic E-state index is 15.2. The summed E-state index contributed by atoms with van der Waals surface area (Å²) >= 11 is 0. The van der Waals surface area contributed by atoms with Gasteiger partial charge in [0.1, 0.15) is 23.1 Å². The fraction of sp³-hybridized carbons (Fsp3) is 0.250. The number of H-pyrrole nitrogens is 2. The summed E-state index contributed by atoms with van der Waals surface area (Å²) in [6.07, 6.45) is 4.99. The summed E-state index contributed by atoms with van der Waals surface area (Å²) in [5, 5.41) is 9.41. The molecule has 0 aliphatic carbocycles. The molecule has 3 N–H and O–H groups in total. The van der Waals surface area contributed by atoms with Crippen molar-refractivity contribution in [3.63, 3.8) is 0 Å². The Balaban J connectivity index is 1.38. The van der Waals surface area contributed by atoms with Crippen molar-refractivity contribution in [2.24, 2.45) is 0 Å². The van der Waals surface area contributed by atoms with Crippen LogP contribution in [0.1, 0.15) is 43.5 Å². The number of imidazole rings is 1. The molecule has 1 aliphatic heterocycles. The summed E-state index contributed by atoms with van der Waals surface area (Å²) in [6.45, 7) is 3.94. The molecule has 228 valence electrons. The molecule has 0 amide bonds. The maximum absolute atomic E-state index is 15.2. The fourth-order valence-corrected chi connectivity index (χ4v) is 6.81. The quantitative estimate of drug-likeness (QED) is 0.171. The average molecular weight is 624 g/mol. The van der Waals surface area contributed by atoms with Crippen molar-refractivity contribution in [3.05, 3.63) is 89.1 Å². The van der Waals surface area contributed by atoms with Crippen LogP contribution in [0.15, 0.2) is 59.8 Å². The number of benzene rings is 3. The van der Waals surface area contributed by atoms with Crippen LogP contribution in [0, 0.1) is 17.5 Å². The molecule has 0 saturated carbocycles. The molecule has 44 heavy (non-hydrogen) atoms. The SMILES string of the molecule is CC1CC(C)(c2cnc(-c3cc(Oc4c(F)c(F)c5[nH]ccc5c4S(C)=O)ccc3F)[nH]2)c2cccc(CCC(=O)O)c2O1. The number of hydrogen-bond donors (Lipinski definition) is 3. The molecule has 12 heteroatoms. The minimum absolute atomic E-state index is 0.0152. The molecule has 5 aromatic rings. The number of nitrogens with zero attached hydrogens (tertiary/aromatic N) is 1. The van der Waals surface area contributed by atoms with E-state index in [9.17, 15) is 18.5 Å². The van der Waals surface area contributed by atoms with Gasteiger partial charge in [0, 0.05) is 47.1 Å². The van der Waals surface area contributed by atoms with Gasteiger partial charge < -0.3 is 24.5 Å². The Hall–Kier alpha value is -4.58. The second-order valence-electron chi connectivity index (χ2n) is 11.0. The molecular weight excluding hydrogens is 595 g/mol. The average Bonchev–Trinajstić information content (AvgIpc) is 3.66. The summed E-state index contributed by atoms with van der Waals surface area (Å²) in [7, 11) is -1.75. The van der Waals surface area contributed by atoms with E-state index in [0.717, 1.165) is 17.2 Å². The van der Waals surface area contributed by atoms with Gasteiger partial charge in [-0.3, -0.25) is 9.00 Å². The van der Waals surface area contributed by atoms with Crippen LogP contribution >= 0.6 is 0 Å². The van der Waals surface area contributed by atoms with E-state index in [1.807, 2.05) is 32.0 Å². The summed E-state index contributed by atoms with van der Waals surface area (Å²) in [5.74, 6) is -3.79. The first-order chi connectivity index (χ1) is 21.0. The number of carboxylic acids is 1. The van der Waals surface area contributed by atoms with Crippen LogP contribution < -0.4 is 9.47 Å². The zero-order valence-corrected chi connectivity index (χ0v) is 24.8. The predicted molar refractivity (Wildman–Crippen MR) is 158 cm³/mol. The molecule has 6 rings (SSSR count). The smallest absolute Gasteiger partial charge is 0.303 e. The maximum Gasteiger partial charge on any atom is 0.303 e. The third-order valence-electron chi connectivity index (χ3n) is 7.99. The Bertz CT molecular complexity index is 1960. The molecule has 0 spiro atoms. The Morgan fingerprint density at radius 3 is 2.75 bits per heavy atom. The molecule has 3 unspecified atom stereocenters. The zero-order valence-electron chi connectivity index (χ0n) is 24.0. The number of aromatic nitrogens is 3. The number of fused-ring (bicyclic) bond motifs is 2. The number of aliphatic carboxylic acids is 1. The van der Waals surface area contributed by atoms with Crippen molar-refractivity contribution in [1.82, 2.24) is 15.0 Å². The summed E-state index contributed by atoms with van der Waals surface area (Å²) < 4.78 is 69.6. The lowest BCUT2D eigenvalue weighted by Gasteiger charge is -2.39. The normalized spacial score (nSPS) is 18.5. The van der Waals surface area contributed by atoms with Crippen LogP contribution in [0.4, 0.5) is 13.2 Å². The molecule has 1 aliphatic rings. The van der Waals surface area contributed by atoms with E-state index >= 15 is 8.78 Å². The van der Waals surface area contributed by atoms with Crippen LogP contribution in [0.2, 0.25) is 0 Å². The van der Waals surface area contributed by atoms with Gasteiger partial charge in [0.25, 0.3) is 0 Å². The van der Waals surface area contributed by atoms with Gasteiger partial charge in [0.15, 0.2) is 11.6 Å². The molecule has 0 saturated heterocycles. The fourth-order valence-electron chi connectivity index (χ4n) is 5.93. The number of carbonyl (C=O) groups is 1. The summed E-state index contributed by atoms with van der Waals surface area (Å²) in [6, 6.07) is 10.8. The van der Waals surface area contributed by atoms with Gasteiger partial charge >= 0.3 is 5.97 Å². The van der Waals surface area contributed by atoms with E-state index in [2.05, 4.69) is 15.0 Å². The highest BCUT2D eigenvalue weighted by Gasteiger charge is 2.40.